The SMILES string of the molecule is NCCCOC(=O)C=CCCCCCCC=CC(=O)OCCN. The quantitative estimate of drug-likeness (QED) is 0.287. The van der Waals surface area contributed by atoms with E-state index in [2.05, 4.69) is 0 Å². The molecule has 0 aliphatic heterocycles. The monoisotopic (exact) mass is 326 g/mol. The summed E-state index contributed by atoms with van der Waals surface area (Å²) < 4.78 is 9.75. The molecule has 0 aliphatic rings. The molecule has 0 aromatic carbocycles. The van der Waals surface area contributed by atoms with Crippen LogP contribution in [0.15, 0.2) is 24.3 Å². The highest BCUT2D eigenvalue weighted by Crippen LogP contribution is 2.06. The Hall–Kier alpha value is -1.66. The first-order valence-corrected chi connectivity index (χ1v) is 8.27. The lowest BCUT2D eigenvalue weighted by molar-refractivity contribution is -0.138. The van der Waals surface area contributed by atoms with Crippen LogP contribution in [-0.2, 0) is 19.1 Å². The largest absolute Gasteiger partial charge is 0.462 e. The third kappa shape index (κ3) is 16.5. The molecule has 0 spiro atoms. The molecule has 0 atom stereocenters. The molecule has 132 valence electrons. The van der Waals surface area contributed by atoms with Gasteiger partial charge in [-0.2, -0.15) is 0 Å². The molecule has 6 nitrogen and oxygen atoms in total. The van der Waals surface area contributed by atoms with Crippen molar-refractivity contribution in [2.75, 3.05) is 26.3 Å². The maximum atomic E-state index is 11.2. The van der Waals surface area contributed by atoms with Gasteiger partial charge >= 0.3 is 11.9 Å². The molecular weight excluding hydrogens is 296 g/mol. The Labute approximate surface area is 138 Å². The van der Waals surface area contributed by atoms with Crippen LogP contribution in [0.4, 0.5) is 0 Å². The molecule has 4 N–H and O–H groups in total. The maximum Gasteiger partial charge on any atom is 0.330 e. The van der Waals surface area contributed by atoms with Gasteiger partial charge in [-0.05, 0) is 38.6 Å². The number of carbonyl (C=O) groups is 2. The Kier molecular flexibility index (Phi) is 15.5. The van der Waals surface area contributed by atoms with Crippen molar-refractivity contribution in [1.29, 1.82) is 0 Å². The van der Waals surface area contributed by atoms with E-state index in [0.29, 0.717) is 26.1 Å². The van der Waals surface area contributed by atoms with Crippen LogP contribution in [-0.4, -0.2) is 38.2 Å². The van der Waals surface area contributed by atoms with Crippen molar-refractivity contribution in [3.8, 4) is 0 Å². The first-order valence-electron chi connectivity index (χ1n) is 8.27. The summed E-state index contributed by atoms with van der Waals surface area (Å²) in [6, 6.07) is 0. The molecule has 0 radical (unpaired) electrons. The van der Waals surface area contributed by atoms with Gasteiger partial charge in [0.2, 0.25) is 0 Å². The molecule has 0 fully saturated rings. The summed E-state index contributed by atoms with van der Waals surface area (Å²) in [7, 11) is 0. The first kappa shape index (κ1) is 21.3. The van der Waals surface area contributed by atoms with Crippen molar-refractivity contribution in [1.82, 2.24) is 0 Å². The Morgan fingerprint density at radius 3 is 1.70 bits per heavy atom. The second-order valence-corrected chi connectivity index (χ2v) is 5.06. The number of ether oxygens (including phenoxy) is 2. The van der Waals surface area contributed by atoms with E-state index >= 15 is 0 Å². The van der Waals surface area contributed by atoms with Crippen molar-refractivity contribution < 1.29 is 19.1 Å². The summed E-state index contributed by atoms with van der Waals surface area (Å²) in [5, 5.41) is 0. The van der Waals surface area contributed by atoms with Gasteiger partial charge in [-0.15, -0.1) is 0 Å². The normalized spacial score (nSPS) is 11.2. The van der Waals surface area contributed by atoms with Gasteiger partial charge in [0.1, 0.15) is 6.61 Å². The van der Waals surface area contributed by atoms with E-state index in [4.69, 9.17) is 20.9 Å². The zero-order valence-corrected chi connectivity index (χ0v) is 13.9. The highest BCUT2D eigenvalue weighted by Gasteiger charge is 1.96. The van der Waals surface area contributed by atoms with Crippen molar-refractivity contribution in [2.24, 2.45) is 11.5 Å². The standard InChI is InChI=1S/C17H30N2O4/c18-12-9-14-22-16(20)10-7-5-3-1-2-4-6-8-11-17(21)23-15-13-19/h7-8,10-11H,1-6,9,12-15,18-19H2. The lowest BCUT2D eigenvalue weighted by Gasteiger charge is -1.99. The molecule has 6 heteroatoms. The number of allylic oxidation sites excluding steroid dienone is 2. The Bertz CT molecular complexity index is 368. The minimum Gasteiger partial charge on any atom is -0.462 e. The van der Waals surface area contributed by atoms with Crippen LogP contribution in [0, 0.1) is 0 Å². The summed E-state index contributed by atoms with van der Waals surface area (Å²) in [5.41, 5.74) is 10.5. The third-order valence-corrected chi connectivity index (χ3v) is 2.95. The van der Waals surface area contributed by atoms with Crippen LogP contribution in [0.5, 0.6) is 0 Å². The van der Waals surface area contributed by atoms with Gasteiger partial charge in [0.15, 0.2) is 0 Å². The van der Waals surface area contributed by atoms with E-state index < -0.39 is 0 Å². The van der Waals surface area contributed by atoms with Crippen molar-refractivity contribution in [2.45, 2.75) is 44.9 Å². The summed E-state index contributed by atoms with van der Waals surface area (Å²) in [4.78, 5) is 22.4. The van der Waals surface area contributed by atoms with Crippen LogP contribution in [0.1, 0.15) is 44.9 Å². The van der Waals surface area contributed by atoms with Crippen LogP contribution in [0.3, 0.4) is 0 Å². The molecule has 0 aromatic rings. The second-order valence-electron chi connectivity index (χ2n) is 5.06. The summed E-state index contributed by atoms with van der Waals surface area (Å²) in [5.74, 6) is -0.635. The Morgan fingerprint density at radius 1 is 0.696 bits per heavy atom. The lowest BCUT2D eigenvalue weighted by atomic mass is 10.1. The predicted octanol–water partition coefficient (Wildman–Crippen LogP) is 1.83. The minimum absolute atomic E-state index is 0.261. The van der Waals surface area contributed by atoms with Crippen molar-refractivity contribution in [3.63, 3.8) is 0 Å². The topological polar surface area (TPSA) is 105 Å². The second kappa shape index (κ2) is 16.7. The molecule has 0 aliphatic carbocycles. The van der Waals surface area contributed by atoms with Gasteiger partial charge in [0.05, 0.1) is 6.61 Å². The van der Waals surface area contributed by atoms with Crippen LogP contribution in [0.25, 0.3) is 0 Å². The number of carbonyl (C=O) groups excluding carboxylic acids is 2. The number of rotatable bonds is 14. The van der Waals surface area contributed by atoms with Gasteiger partial charge in [-0.25, -0.2) is 9.59 Å². The van der Waals surface area contributed by atoms with E-state index in [1.165, 1.54) is 12.2 Å². The zero-order chi connectivity index (χ0) is 17.2. The smallest absolute Gasteiger partial charge is 0.330 e. The van der Waals surface area contributed by atoms with Gasteiger partial charge in [-0.1, -0.05) is 25.0 Å². The van der Waals surface area contributed by atoms with Gasteiger partial charge in [0.25, 0.3) is 0 Å². The molecule has 0 aromatic heterocycles. The Balaban J connectivity index is 3.40. The summed E-state index contributed by atoms with van der Waals surface area (Å²) in [6.07, 6.45) is 13.3. The van der Waals surface area contributed by atoms with Crippen molar-refractivity contribution in [3.05, 3.63) is 24.3 Å². The molecule has 0 heterocycles. The molecule has 0 saturated carbocycles. The molecule has 23 heavy (non-hydrogen) atoms. The van der Waals surface area contributed by atoms with E-state index in [-0.39, 0.29) is 18.5 Å². The molecule has 0 amide bonds. The average Bonchev–Trinajstić information content (AvgIpc) is 2.54. The van der Waals surface area contributed by atoms with E-state index in [9.17, 15) is 9.59 Å². The van der Waals surface area contributed by atoms with Gasteiger partial charge < -0.3 is 20.9 Å². The fraction of sp³-hybridized carbons (Fsp3) is 0.647. The summed E-state index contributed by atoms with van der Waals surface area (Å²) in [6.45, 7) is 1.52. The van der Waals surface area contributed by atoms with Gasteiger partial charge in [-0.3, -0.25) is 0 Å². The number of hydrogen-bond donors (Lipinski definition) is 2. The molecule has 0 rings (SSSR count). The number of unbranched alkanes of at least 4 members (excludes halogenated alkanes) is 5. The predicted molar refractivity (Wildman–Crippen MR) is 90.6 cm³/mol. The summed E-state index contributed by atoms with van der Waals surface area (Å²) >= 11 is 0. The fourth-order valence-corrected chi connectivity index (χ4v) is 1.75. The minimum atomic E-state index is -0.334. The zero-order valence-electron chi connectivity index (χ0n) is 13.9. The van der Waals surface area contributed by atoms with E-state index in [1.54, 1.807) is 0 Å². The fourth-order valence-electron chi connectivity index (χ4n) is 1.75. The maximum absolute atomic E-state index is 11.2. The van der Waals surface area contributed by atoms with Gasteiger partial charge in [0, 0.05) is 18.7 Å². The molecule has 0 unspecified atom stereocenters. The first-order chi connectivity index (χ1) is 11.2. The molecular formula is C17H30N2O4. The van der Waals surface area contributed by atoms with Crippen LogP contribution in [0.2, 0.25) is 0 Å². The van der Waals surface area contributed by atoms with Crippen LogP contribution < -0.4 is 11.5 Å². The highest BCUT2D eigenvalue weighted by atomic mass is 16.5. The number of hydrogen-bond acceptors (Lipinski definition) is 6. The average molecular weight is 326 g/mol. The lowest BCUT2D eigenvalue weighted by Crippen LogP contribution is -2.11. The molecule has 0 saturated heterocycles. The van der Waals surface area contributed by atoms with E-state index in [0.717, 1.165) is 38.5 Å². The van der Waals surface area contributed by atoms with Crippen LogP contribution >= 0.6 is 0 Å². The van der Waals surface area contributed by atoms with Crippen molar-refractivity contribution >= 4 is 11.9 Å². The number of nitrogens with two attached hydrogens (primary N) is 2. The van der Waals surface area contributed by atoms with E-state index in [1.807, 2.05) is 12.2 Å². The Morgan fingerprint density at radius 2 is 1.22 bits per heavy atom. The highest BCUT2D eigenvalue weighted by molar-refractivity contribution is 5.82. The number of esters is 2. The third-order valence-electron chi connectivity index (χ3n) is 2.95. The molecule has 0 bridgehead atoms.